The number of nitrogens with zero attached hydrogens (tertiary/aromatic N) is 3. The summed E-state index contributed by atoms with van der Waals surface area (Å²) in [6.45, 7) is 1.81. The number of alkyl halides is 3. The van der Waals surface area contributed by atoms with Crippen molar-refractivity contribution in [3.8, 4) is 11.1 Å². The molecule has 0 aliphatic heterocycles. The molecular formula is C20H20F3N5O2. The van der Waals surface area contributed by atoms with Crippen molar-refractivity contribution in [3.63, 3.8) is 0 Å². The van der Waals surface area contributed by atoms with Crippen LogP contribution in [-0.2, 0) is 6.18 Å². The first-order valence-corrected chi connectivity index (χ1v) is 9.44. The summed E-state index contributed by atoms with van der Waals surface area (Å²) in [6, 6.07) is 3.58. The minimum Gasteiger partial charge on any atom is -0.391 e. The highest BCUT2D eigenvalue weighted by Crippen LogP contribution is 2.36. The number of pyridine rings is 1. The fourth-order valence-electron chi connectivity index (χ4n) is 3.44. The molecule has 3 aromatic heterocycles. The molecule has 1 saturated carbocycles. The van der Waals surface area contributed by atoms with Crippen LogP contribution in [-0.4, -0.2) is 37.8 Å². The van der Waals surface area contributed by atoms with Gasteiger partial charge in [-0.25, -0.2) is 4.52 Å². The van der Waals surface area contributed by atoms with E-state index in [1.807, 2.05) is 6.92 Å². The fourth-order valence-corrected chi connectivity index (χ4v) is 3.44. The van der Waals surface area contributed by atoms with Gasteiger partial charge in [-0.15, -0.1) is 0 Å². The van der Waals surface area contributed by atoms with Gasteiger partial charge in [-0.3, -0.25) is 9.78 Å². The first-order chi connectivity index (χ1) is 14.1. The minimum atomic E-state index is -4.52. The van der Waals surface area contributed by atoms with E-state index in [9.17, 15) is 23.1 Å². The van der Waals surface area contributed by atoms with Crippen LogP contribution in [0.5, 0.6) is 0 Å². The molecule has 0 saturated heterocycles. The lowest BCUT2D eigenvalue weighted by Crippen LogP contribution is -2.33. The van der Waals surface area contributed by atoms with Crippen molar-refractivity contribution >= 4 is 17.1 Å². The number of hydrogen-bond donors (Lipinski definition) is 3. The fraction of sp³-hybridized carbons (Fsp3) is 0.350. The number of aliphatic hydroxyl groups excluding tert-OH is 1. The minimum absolute atomic E-state index is 0.160. The smallest absolute Gasteiger partial charge is 0.391 e. The maximum atomic E-state index is 12.8. The summed E-state index contributed by atoms with van der Waals surface area (Å²) >= 11 is 0. The van der Waals surface area contributed by atoms with E-state index in [1.165, 1.54) is 16.8 Å². The quantitative estimate of drug-likeness (QED) is 0.570. The molecule has 4 rings (SSSR count). The Morgan fingerprint density at radius 3 is 2.60 bits per heavy atom. The van der Waals surface area contributed by atoms with Gasteiger partial charge in [-0.2, -0.15) is 18.3 Å². The first kappa shape index (κ1) is 20.1. The number of nitrogens with one attached hydrogen (secondary N) is 1. The van der Waals surface area contributed by atoms with Crippen LogP contribution in [0.4, 0.5) is 18.9 Å². The summed E-state index contributed by atoms with van der Waals surface area (Å²) in [5, 5.41) is 17.7. The molecule has 0 spiro atoms. The van der Waals surface area contributed by atoms with E-state index in [-0.39, 0.29) is 17.5 Å². The lowest BCUT2D eigenvalue weighted by Gasteiger charge is -2.22. The van der Waals surface area contributed by atoms with Gasteiger partial charge in [-0.1, -0.05) is 6.07 Å². The standard InChI is InChI=1S/C20H20F3N5O2/c1-10(18(29)11-2-3-11)27-17-14(19(24)30)8-26-28-9-13(6-15(17)28)12-4-5-16(25-7-12)20(21,22)23/h4-11,18,27,29H,2-3H2,1H3,(H2,24,30)/t10-,18?/m1/s1. The SMILES string of the molecule is C[C@@H](Nc1c(C(N)=O)cnn2cc(-c3ccc(C(F)(F)F)nc3)cc12)C(O)C1CC1. The number of nitrogens with two attached hydrogens (primary N) is 1. The molecule has 1 fully saturated rings. The number of hydrogen-bond acceptors (Lipinski definition) is 5. The van der Waals surface area contributed by atoms with Gasteiger partial charge in [0.05, 0.1) is 29.1 Å². The van der Waals surface area contributed by atoms with E-state index in [4.69, 9.17) is 5.73 Å². The Morgan fingerprint density at radius 2 is 2.03 bits per heavy atom. The lowest BCUT2D eigenvalue weighted by molar-refractivity contribution is -0.141. The number of aromatic nitrogens is 3. The average Bonchev–Trinajstić information content (AvgIpc) is 3.45. The number of amides is 1. The Balaban J connectivity index is 1.73. The predicted molar refractivity (Wildman–Crippen MR) is 104 cm³/mol. The number of fused-ring (bicyclic) bond motifs is 1. The molecule has 158 valence electrons. The Morgan fingerprint density at radius 1 is 1.30 bits per heavy atom. The second-order valence-electron chi connectivity index (χ2n) is 7.55. The topological polar surface area (TPSA) is 106 Å². The van der Waals surface area contributed by atoms with Gasteiger partial charge in [0.2, 0.25) is 0 Å². The van der Waals surface area contributed by atoms with E-state index in [1.54, 1.807) is 12.3 Å². The lowest BCUT2D eigenvalue weighted by atomic mass is 10.1. The number of primary amides is 1. The number of anilines is 1. The number of rotatable bonds is 6. The number of carbonyl (C=O) groups is 1. The first-order valence-electron chi connectivity index (χ1n) is 9.44. The van der Waals surface area contributed by atoms with E-state index in [0.29, 0.717) is 22.3 Å². The summed E-state index contributed by atoms with van der Waals surface area (Å²) in [4.78, 5) is 15.4. The predicted octanol–water partition coefficient (Wildman–Crippen LogP) is 3.09. The monoisotopic (exact) mass is 419 g/mol. The molecule has 30 heavy (non-hydrogen) atoms. The van der Waals surface area contributed by atoms with Crippen molar-refractivity contribution in [3.05, 3.63) is 48.0 Å². The molecule has 1 unspecified atom stereocenters. The highest BCUT2D eigenvalue weighted by molar-refractivity contribution is 6.02. The molecular weight excluding hydrogens is 399 g/mol. The van der Waals surface area contributed by atoms with Crippen LogP contribution >= 0.6 is 0 Å². The second-order valence-corrected chi connectivity index (χ2v) is 7.55. The highest BCUT2D eigenvalue weighted by Gasteiger charge is 2.34. The third-order valence-electron chi connectivity index (χ3n) is 5.28. The molecule has 1 aliphatic carbocycles. The molecule has 7 nitrogen and oxygen atoms in total. The van der Waals surface area contributed by atoms with E-state index in [2.05, 4.69) is 15.4 Å². The normalized spacial score (nSPS) is 16.4. The molecule has 0 bridgehead atoms. The Bertz CT molecular complexity index is 1090. The van der Waals surface area contributed by atoms with Gasteiger partial charge >= 0.3 is 6.18 Å². The van der Waals surface area contributed by atoms with Crippen molar-refractivity contribution in [2.45, 2.75) is 38.1 Å². The van der Waals surface area contributed by atoms with Crippen molar-refractivity contribution in [2.24, 2.45) is 11.7 Å². The van der Waals surface area contributed by atoms with Crippen LogP contribution in [0.3, 0.4) is 0 Å². The third kappa shape index (κ3) is 3.82. The molecule has 4 N–H and O–H groups in total. The van der Waals surface area contributed by atoms with Crippen LogP contribution in [0.1, 0.15) is 35.8 Å². The Labute approximate surface area is 169 Å². The van der Waals surface area contributed by atoms with Gasteiger partial charge in [0.15, 0.2) is 0 Å². The van der Waals surface area contributed by atoms with Gasteiger partial charge in [0.1, 0.15) is 5.69 Å². The molecule has 0 aromatic carbocycles. The maximum absolute atomic E-state index is 12.8. The zero-order valence-corrected chi connectivity index (χ0v) is 16.0. The van der Waals surface area contributed by atoms with E-state index in [0.717, 1.165) is 25.1 Å². The summed E-state index contributed by atoms with van der Waals surface area (Å²) in [5.41, 5.74) is 6.64. The van der Waals surface area contributed by atoms with Crippen molar-refractivity contribution < 1.29 is 23.1 Å². The van der Waals surface area contributed by atoms with Gasteiger partial charge in [0, 0.05) is 29.6 Å². The van der Waals surface area contributed by atoms with Gasteiger partial charge in [0.25, 0.3) is 5.91 Å². The number of halogens is 3. The highest BCUT2D eigenvalue weighted by atomic mass is 19.4. The zero-order chi connectivity index (χ0) is 21.6. The van der Waals surface area contributed by atoms with E-state index >= 15 is 0 Å². The van der Waals surface area contributed by atoms with Crippen molar-refractivity contribution in [1.82, 2.24) is 14.6 Å². The molecule has 3 heterocycles. The van der Waals surface area contributed by atoms with Crippen LogP contribution in [0.25, 0.3) is 16.6 Å². The van der Waals surface area contributed by atoms with E-state index < -0.39 is 23.9 Å². The van der Waals surface area contributed by atoms with Crippen LogP contribution in [0.2, 0.25) is 0 Å². The van der Waals surface area contributed by atoms with Gasteiger partial charge < -0.3 is 16.2 Å². The van der Waals surface area contributed by atoms with Crippen molar-refractivity contribution in [2.75, 3.05) is 5.32 Å². The summed E-state index contributed by atoms with van der Waals surface area (Å²) in [7, 11) is 0. The largest absolute Gasteiger partial charge is 0.433 e. The van der Waals surface area contributed by atoms with Crippen LogP contribution in [0, 0.1) is 5.92 Å². The van der Waals surface area contributed by atoms with Gasteiger partial charge in [-0.05, 0) is 37.8 Å². The second kappa shape index (κ2) is 7.28. The molecule has 2 atom stereocenters. The molecule has 10 heteroatoms. The average molecular weight is 419 g/mol. The Hall–Kier alpha value is -3.14. The van der Waals surface area contributed by atoms with Crippen molar-refractivity contribution in [1.29, 1.82) is 0 Å². The summed E-state index contributed by atoms with van der Waals surface area (Å²) in [5.74, 6) is -0.456. The summed E-state index contributed by atoms with van der Waals surface area (Å²) in [6.07, 6.45) is 0.902. The van der Waals surface area contributed by atoms with Crippen LogP contribution in [0.15, 0.2) is 36.8 Å². The number of carbonyl (C=O) groups excluding carboxylic acids is 1. The molecule has 1 aliphatic rings. The number of aliphatic hydroxyl groups is 1. The maximum Gasteiger partial charge on any atom is 0.433 e. The molecule has 3 aromatic rings. The molecule has 0 radical (unpaired) electrons. The molecule has 1 amide bonds. The summed E-state index contributed by atoms with van der Waals surface area (Å²) < 4.78 is 39.8. The Kier molecular flexibility index (Phi) is 4.89. The van der Waals surface area contributed by atoms with Crippen LogP contribution < -0.4 is 11.1 Å². The third-order valence-corrected chi connectivity index (χ3v) is 5.28. The zero-order valence-electron chi connectivity index (χ0n) is 16.0.